The molecule has 0 saturated heterocycles. The van der Waals surface area contributed by atoms with Crippen LogP contribution in [-0.2, 0) is 0 Å². The molecule has 4 nitrogen and oxygen atoms in total. The van der Waals surface area contributed by atoms with E-state index in [9.17, 15) is 4.79 Å². The smallest absolute Gasteiger partial charge is 0.275 e. The van der Waals surface area contributed by atoms with E-state index in [0.717, 1.165) is 5.69 Å². The van der Waals surface area contributed by atoms with Crippen molar-refractivity contribution >= 4 is 11.6 Å². The molecular weight excluding hydrogens is 214 g/mol. The van der Waals surface area contributed by atoms with Crippen molar-refractivity contribution in [1.82, 2.24) is 9.55 Å². The summed E-state index contributed by atoms with van der Waals surface area (Å²) in [6, 6.07) is 9.66. The van der Waals surface area contributed by atoms with Crippen molar-refractivity contribution in [2.45, 2.75) is 19.9 Å². The molecule has 0 unspecified atom stereocenters. The average Bonchev–Trinajstić information content (AvgIpc) is 2.79. The number of carbonyl (C=O) groups is 1. The molecular formula is C13H15N3O. The fraction of sp³-hybridized carbons (Fsp3) is 0.231. The number of amides is 1. The highest BCUT2D eigenvalue weighted by Gasteiger charge is 2.10. The third-order valence-corrected chi connectivity index (χ3v) is 2.46. The Kier molecular flexibility index (Phi) is 3.23. The first-order valence-corrected chi connectivity index (χ1v) is 5.56. The van der Waals surface area contributed by atoms with Crippen LogP contribution in [0.2, 0.25) is 0 Å². The molecule has 88 valence electrons. The lowest BCUT2D eigenvalue weighted by atomic mass is 10.3. The number of nitrogens with one attached hydrogen (secondary N) is 1. The van der Waals surface area contributed by atoms with E-state index in [2.05, 4.69) is 10.3 Å². The Morgan fingerprint density at radius 3 is 2.59 bits per heavy atom. The van der Waals surface area contributed by atoms with Crippen LogP contribution < -0.4 is 5.32 Å². The van der Waals surface area contributed by atoms with Gasteiger partial charge >= 0.3 is 0 Å². The Bertz CT molecular complexity index is 502. The summed E-state index contributed by atoms with van der Waals surface area (Å²) < 4.78 is 1.90. The minimum atomic E-state index is -0.185. The Balaban J connectivity index is 2.10. The molecule has 0 bridgehead atoms. The highest BCUT2D eigenvalue weighted by atomic mass is 16.1. The number of anilines is 1. The van der Waals surface area contributed by atoms with Gasteiger partial charge in [-0.3, -0.25) is 4.79 Å². The van der Waals surface area contributed by atoms with Crippen LogP contribution in [0.25, 0.3) is 0 Å². The minimum Gasteiger partial charge on any atom is -0.334 e. The Hall–Kier alpha value is -2.10. The van der Waals surface area contributed by atoms with Gasteiger partial charge < -0.3 is 9.88 Å². The number of nitrogens with zero attached hydrogens (tertiary/aromatic N) is 2. The predicted octanol–water partition coefficient (Wildman–Crippen LogP) is 2.72. The molecule has 1 N–H and O–H groups in total. The Morgan fingerprint density at radius 2 is 2.00 bits per heavy atom. The van der Waals surface area contributed by atoms with Crippen LogP contribution >= 0.6 is 0 Å². The largest absolute Gasteiger partial charge is 0.334 e. The van der Waals surface area contributed by atoms with Crippen LogP contribution in [-0.4, -0.2) is 15.5 Å². The average molecular weight is 229 g/mol. The predicted molar refractivity (Wildman–Crippen MR) is 67.0 cm³/mol. The van der Waals surface area contributed by atoms with Crippen molar-refractivity contribution in [3.05, 3.63) is 48.5 Å². The number of carbonyl (C=O) groups excluding carboxylic acids is 1. The summed E-state index contributed by atoms with van der Waals surface area (Å²) in [5.74, 6) is -0.185. The Labute approximate surface area is 100 Å². The molecule has 0 saturated carbocycles. The number of para-hydroxylation sites is 1. The number of imidazole rings is 1. The van der Waals surface area contributed by atoms with Gasteiger partial charge in [-0.2, -0.15) is 0 Å². The normalized spacial score (nSPS) is 10.5. The molecule has 1 aromatic heterocycles. The van der Waals surface area contributed by atoms with Gasteiger partial charge in [-0.25, -0.2) is 4.98 Å². The van der Waals surface area contributed by atoms with Crippen molar-refractivity contribution in [2.75, 3.05) is 5.32 Å². The second kappa shape index (κ2) is 4.82. The van der Waals surface area contributed by atoms with Gasteiger partial charge in [0.25, 0.3) is 5.91 Å². The summed E-state index contributed by atoms with van der Waals surface area (Å²) in [6.07, 6.45) is 3.42. The molecule has 0 aliphatic carbocycles. The van der Waals surface area contributed by atoms with Crippen molar-refractivity contribution in [1.29, 1.82) is 0 Å². The van der Waals surface area contributed by atoms with Gasteiger partial charge in [0.15, 0.2) is 0 Å². The number of aromatic nitrogens is 2. The van der Waals surface area contributed by atoms with E-state index in [1.165, 1.54) is 0 Å². The van der Waals surface area contributed by atoms with Gasteiger partial charge in [-0.05, 0) is 26.0 Å². The van der Waals surface area contributed by atoms with Crippen molar-refractivity contribution in [3.8, 4) is 0 Å². The Morgan fingerprint density at radius 1 is 1.29 bits per heavy atom. The standard InChI is InChI=1S/C13H15N3O/c1-10(2)16-8-12(14-9-16)13(17)15-11-6-4-3-5-7-11/h3-10H,1-2H3,(H,15,17). The number of rotatable bonds is 3. The minimum absolute atomic E-state index is 0.185. The maximum atomic E-state index is 11.9. The molecule has 2 rings (SSSR count). The number of benzene rings is 1. The lowest BCUT2D eigenvalue weighted by Crippen LogP contribution is -2.12. The molecule has 0 fully saturated rings. The van der Waals surface area contributed by atoms with Crippen molar-refractivity contribution in [3.63, 3.8) is 0 Å². The quantitative estimate of drug-likeness (QED) is 0.879. The molecule has 0 atom stereocenters. The van der Waals surface area contributed by atoms with Crippen LogP contribution in [0.1, 0.15) is 30.4 Å². The first-order chi connectivity index (χ1) is 8.16. The third-order valence-electron chi connectivity index (χ3n) is 2.46. The van der Waals surface area contributed by atoms with Crippen molar-refractivity contribution in [2.24, 2.45) is 0 Å². The maximum Gasteiger partial charge on any atom is 0.275 e. The zero-order valence-electron chi connectivity index (χ0n) is 9.92. The molecule has 0 radical (unpaired) electrons. The first-order valence-electron chi connectivity index (χ1n) is 5.56. The molecule has 0 aliphatic rings. The topological polar surface area (TPSA) is 46.9 Å². The lowest BCUT2D eigenvalue weighted by Gasteiger charge is -2.04. The number of hydrogen-bond donors (Lipinski definition) is 1. The third kappa shape index (κ3) is 2.72. The zero-order valence-corrected chi connectivity index (χ0v) is 9.92. The molecule has 0 aliphatic heterocycles. The molecule has 17 heavy (non-hydrogen) atoms. The summed E-state index contributed by atoms with van der Waals surface area (Å²) in [7, 11) is 0. The van der Waals surface area contributed by atoms with Gasteiger partial charge in [-0.1, -0.05) is 18.2 Å². The summed E-state index contributed by atoms with van der Waals surface area (Å²) in [5, 5.41) is 2.80. The van der Waals surface area contributed by atoms with E-state index in [1.807, 2.05) is 48.7 Å². The SMILES string of the molecule is CC(C)n1cnc(C(=O)Nc2ccccc2)c1. The molecule has 2 aromatic rings. The van der Waals surface area contributed by atoms with E-state index in [1.54, 1.807) is 12.5 Å². The second-order valence-corrected chi connectivity index (χ2v) is 4.12. The van der Waals surface area contributed by atoms with E-state index >= 15 is 0 Å². The van der Waals surface area contributed by atoms with Crippen LogP contribution in [0.3, 0.4) is 0 Å². The first kappa shape index (κ1) is 11.4. The highest BCUT2D eigenvalue weighted by Crippen LogP contribution is 2.09. The molecule has 4 heteroatoms. The molecule has 0 spiro atoms. The van der Waals surface area contributed by atoms with Crippen LogP contribution in [0.5, 0.6) is 0 Å². The van der Waals surface area contributed by atoms with Gasteiger partial charge in [0.05, 0.1) is 6.33 Å². The fourth-order valence-corrected chi connectivity index (χ4v) is 1.45. The van der Waals surface area contributed by atoms with E-state index in [4.69, 9.17) is 0 Å². The van der Waals surface area contributed by atoms with Crippen molar-refractivity contribution < 1.29 is 4.79 Å². The maximum absolute atomic E-state index is 11.9. The summed E-state index contributed by atoms with van der Waals surface area (Å²) in [5.41, 5.74) is 1.21. The van der Waals surface area contributed by atoms with E-state index in [-0.39, 0.29) is 5.91 Å². The van der Waals surface area contributed by atoms with Gasteiger partial charge in [0.2, 0.25) is 0 Å². The molecule has 1 heterocycles. The second-order valence-electron chi connectivity index (χ2n) is 4.12. The molecule has 1 aromatic carbocycles. The van der Waals surface area contributed by atoms with Gasteiger partial charge in [0.1, 0.15) is 5.69 Å². The molecule has 1 amide bonds. The van der Waals surface area contributed by atoms with Crippen LogP contribution in [0.15, 0.2) is 42.9 Å². The number of hydrogen-bond acceptors (Lipinski definition) is 2. The monoisotopic (exact) mass is 229 g/mol. The van der Waals surface area contributed by atoms with E-state index in [0.29, 0.717) is 11.7 Å². The van der Waals surface area contributed by atoms with Crippen LogP contribution in [0.4, 0.5) is 5.69 Å². The highest BCUT2D eigenvalue weighted by molar-refractivity contribution is 6.02. The van der Waals surface area contributed by atoms with Gasteiger partial charge in [0, 0.05) is 17.9 Å². The summed E-state index contributed by atoms with van der Waals surface area (Å²) >= 11 is 0. The lowest BCUT2D eigenvalue weighted by molar-refractivity contribution is 0.102. The zero-order chi connectivity index (χ0) is 12.3. The summed E-state index contributed by atoms with van der Waals surface area (Å²) in [4.78, 5) is 15.9. The summed E-state index contributed by atoms with van der Waals surface area (Å²) in [6.45, 7) is 4.08. The van der Waals surface area contributed by atoms with Gasteiger partial charge in [-0.15, -0.1) is 0 Å². The van der Waals surface area contributed by atoms with Crippen LogP contribution in [0, 0.1) is 0 Å². The van der Waals surface area contributed by atoms with E-state index < -0.39 is 0 Å². The fourth-order valence-electron chi connectivity index (χ4n) is 1.45.